The first-order chi connectivity index (χ1) is 8.45. The summed E-state index contributed by atoms with van der Waals surface area (Å²) in [6.07, 6.45) is 1.76. The summed E-state index contributed by atoms with van der Waals surface area (Å²) in [7, 11) is 0. The van der Waals surface area contributed by atoms with Crippen LogP contribution in [0.25, 0.3) is 0 Å². The SMILES string of the molecule is c1coc(C(c2cccs2)N2CCNCC2)c1. The highest BCUT2D eigenvalue weighted by molar-refractivity contribution is 7.10. The maximum atomic E-state index is 5.62. The fraction of sp³-hybridized carbons (Fsp3) is 0.385. The fourth-order valence-electron chi connectivity index (χ4n) is 2.33. The minimum Gasteiger partial charge on any atom is -0.467 e. The monoisotopic (exact) mass is 248 g/mol. The van der Waals surface area contributed by atoms with E-state index in [1.807, 2.05) is 6.07 Å². The summed E-state index contributed by atoms with van der Waals surface area (Å²) in [6.45, 7) is 4.26. The van der Waals surface area contributed by atoms with Gasteiger partial charge in [0.15, 0.2) is 0 Å². The summed E-state index contributed by atoms with van der Waals surface area (Å²) in [6, 6.07) is 8.63. The van der Waals surface area contributed by atoms with Crippen molar-refractivity contribution in [1.82, 2.24) is 10.2 Å². The van der Waals surface area contributed by atoms with Crippen LogP contribution in [0, 0.1) is 0 Å². The van der Waals surface area contributed by atoms with Crippen LogP contribution in [0.15, 0.2) is 40.3 Å². The number of rotatable bonds is 3. The molecule has 0 aliphatic carbocycles. The number of piperazine rings is 1. The molecule has 1 fully saturated rings. The molecule has 1 aliphatic heterocycles. The second-order valence-corrected chi connectivity index (χ2v) is 5.20. The number of thiophene rings is 1. The molecule has 1 unspecified atom stereocenters. The van der Waals surface area contributed by atoms with Crippen LogP contribution in [0.2, 0.25) is 0 Å². The highest BCUT2D eigenvalue weighted by Crippen LogP contribution is 2.32. The molecule has 2 aromatic heterocycles. The molecule has 0 amide bonds. The molecule has 0 radical (unpaired) electrons. The zero-order chi connectivity index (χ0) is 11.5. The lowest BCUT2D eigenvalue weighted by Crippen LogP contribution is -2.45. The smallest absolute Gasteiger partial charge is 0.126 e. The summed E-state index contributed by atoms with van der Waals surface area (Å²) < 4.78 is 5.62. The van der Waals surface area contributed by atoms with Crippen molar-refractivity contribution in [1.29, 1.82) is 0 Å². The van der Waals surface area contributed by atoms with E-state index >= 15 is 0 Å². The highest BCUT2D eigenvalue weighted by atomic mass is 32.1. The van der Waals surface area contributed by atoms with E-state index < -0.39 is 0 Å². The van der Waals surface area contributed by atoms with Gasteiger partial charge in [0.2, 0.25) is 0 Å². The van der Waals surface area contributed by atoms with Gasteiger partial charge in [-0.25, -0.2) is 0 Å². The van der Waals surface area contributed by atoms with Gasteiger partial charge < -0.3 is 9.73 Å². The molecule has 0 aromatic carbocycles. The minimum atomic E-state index is 0.284. The van der Waals surface area contributed by atoms with E-state index in [-0.39, 0.29) is 6.04 Å². The van der Waals surface area contributed by atoms with Crippen LogP contribution in [-0.4, -0.2) is 31.1 Å². The second kappa shape index (κ2) is 5.04. The molecule has 3 rings (SSSR count). The molecule has 0 bridgehead atoms. The van der Waals surface area contributed by atoms with Crippen LogP contribution >= 0.6 is 11.3 Å². The van der Waals surface area contributed by atoms with Gasteiger partial charge in [0, 0.05) is 31.1 Å². The molecular formula is C13H16N2OS. The highest BCUT2D eigenvalue weighted by Gasteiger charge is 2.26. The van der Waals surface area contributed by atoms with Crippen molar-refractivity contribution in [2.45, 2.75) is 6.04 Å². The Balaban J connectivity index is 1.91. The first-order valence-corrected chi connectivity index (χ1v) is 6.85. The maximum absolute atomic E-state index is 5.62. The number of hydrogen-bond donors (Lipinski definition) is 1. The van der Waals surface area contributed by atoms with Crippen molar-refractivity contribution in [2.24, 2.45) is 0 Å². The normalized spacial score (nSPS) is 19.3. The second-order valence-electron chi connectivity index (χ2n) is 4.22. The molecule has 3 nitrogen and oxygen atoms in total. The van der Waals surface area contributed by atoms with Gasteiger partial charge in [-0.15, -0.1) is 11.3 Å². The summed E-state index contributed by atoms with van der Waals surface area (Å²) in [5.74, 6) is 1.05. The first kappa shape index (κ1) is 11.0. The molecule has 2 aromatic rings. The molecule has 90 valence electrons. The Morgan fingerprint density at radius 3 is 2.76 bits per heavy atom. The number of furan rings is 1. The van der Waals surface area contributed by atoms with Crippen molar-refractivity contribution in [2.75, 3.05) is 26.2 Å². The van der Waals surface area contributed by atoms with Gasteiger partial charge in [0.1, 0.15) is 11.8 Å². The maximum Gasteiger partial charge on any atom is 0.126 e. The molecular weight excluding hydrogens is 232 g/mol. The van der Waals surface area contributed by atoms with Gasteiger partial charge in [-0.3, -0.25) is 4.90 Å². The lowest BCUT2D eigenvalue weighted by Gasteiger charge is -2.33. The van der Waals surface area contributed by atoms with E-state index in [0.717, 1.165) is 31.9 Å². The summed E-state index contributed by atoms with van der Waals surface area (Å²) in [4.78, 5) is 3.85. The molecule has 1 aliphatic rings. The third-order valence-corrected chi connectivity index (χ3v) is 4.07. The van der Waals surface area contributed by atoms with Crippen molar-refractivity contribution >= 4 is 11.3 Å². The topological polar surface area (TPSA) is 28.4 Å². The third-order valence-electron chi connectivity index (χ3n) is 3.14. The van der Waals surface area contributed by atoms with E-state index in [2.05, 4.69) is 33.8 Å². The van der Waals surface area contributed by atoms with E-state index in [1.165, 1.54) is 4.88 Å². The van der Waals surface area contributed by atoms with Gasteiger partial charge in [-0.2, -0.15) is 0 Å². The summed E-state index contributed by atoms with van der Waals surface area (Å²) in [5, 5.41) is 5.52. The lowest BCUT2D eigenvalue weighted by atomic mass is 10.1. The number of nitrogens with one attached hydrogen (secondary N) is 1. The van der Waals surface area contributed by atoms with Gasteiger partial charge in [0.25, 0.3) is 0 Å². The molecule has 1 N–H and O–H groups in total. The van der Waals surface area contributed by atoms with Crippen molar-refractivity contribution in [3.8, 4) is 0 Å². The molecule has 1 atom stereocenters. The Labute approximate surface area is 105 Å². The third kappa shape index (κ3) is 2.29. The Morgan fingerprint density at radius 1 is 1.24 bits per heavy atom. The van der Waals surface area contributed by atoms with E-state index in [1.54, 1.807) is 17.6 Å². The quantitative estimate of drug-likeness (QED) is 0.903. The lowest BCUT2D eigenvalue weighted by molar-refractivity contribution is 0.182. The first-order valence-electron chi connectivity index (χ1n) is 5.97. The zero-order valence-corrected chi connectivity index (χ0v) is 10.5. The Bertz CT molecular complexity index is 398. The van der Waals surface area contributed by atoms with Crippen LogP contribution in [-0.2, 0) is 0 Å². The Morgan fingerprint density at radius 2 is 2.12 bits per heavy atom. The molecule has 1 saturated heterocycles. The summed E-state index contributed by atoms with van der Waals surface area (Å²) >= 11 is 1.80. The van der Waals surface area contributed by atoms with E-state index in [9.17, 15) is 0 Å². The van der Waals surface area contributed by atoms with Gasteiger partial charge in [0.05, 0.1) is 6.26 Å². The zero-order valence-electron chi connectivity index (χ0n) is 9.63. The van der Waals surface area contributed by atoms with Crippen molar-refractivity contribution in [3.63, 3.8) is 0 Å². The van der Waals surface area contributed by atoms with Gasteiger partial charge >= 0.3 is 0 Å². The fourth-order valence-corrected chi connectivity index (χ4v) is 3.20. The molecule has 4 heteroatoms. The molecule has 3 heterocycles. The van der Waals surface area contributed by atoms with Crippen LogP contribution in [0.1, 0.15) is 16.7 Å². The van der Waals surface area contributed by atoms with E-state index in [4.69, 9.17) is 4.42 Å². The van der Waals surface area contributed by atoms with Gasteiger partial charge in [-0.1, -0.05) is 6.07 Å². The van der Waals surface area contributed by atoms with Gasteiger partial charge in [-0.05, 0) is 23.6 Å². The molecule has 0 spiro atoms. The van der Waals surface area contributed by atoms with Crippen LogP contribution in [0.4, 0.5) is 0 Å². The van der Waals surface area contributed by atoms with E-state index in [0.29, 0.717) is 0 Å². The standard InChI is InChI=1S/C13H16N2OS/c1-3-11(16-9-1)13(12-4-2-10-17-12)15-7-5-14-6-8-15/h1-4,9-10,13-14H,5-8H2. The number of nitrogens with zero attached hydrogens (tertiary/aromatic N) is 1. The van der Waals surface area contributed by atoms with Crippen molar-refractivity contribution < 1.29 is 4.42 Å². The average molecular weight is 248 g/mol. The predicted octanol–water partition coefficient (Wildman–Crippen LogP) is 2.34. The molecule has 0 saturated carbocycles. The van der Waals surface area contributed by atoms with Crippen LogP contribution < -0.4 is 5.32 Å². The average Bonchev–Trinajstić information content (AvgIpc) is 3.04. The van der Waals surface area contributed by atoms with Crippen LogP contribution in [0.5, 0.6) is 0 Å². The number of hydrogen-bond acceptors (Lipinski definition) is 4. The molecule has 17 heavy (non-hydrogen) atoms. The minimum absolute atomic E-state index is 0.284. The Kier molecular flexibility index (Phi) is 3.27. The Hall–Kier alpha value is -1.10. The largest absolute Gasteiger partial charge is 0.467 e. The van der Waals surface area contributed by atoms with Crippen LogP contribution in [0.3, 0.4) is 0 Å². The van der Waals surface area contributed by atoms with Crippen molar-refractivity contribution in [3.05, 3.63) is 46.5 Å². The summed E-state index contributed by atoms with van der Waals surface area (Å²) in [5.41, 5.74) is 0. The predicted molar refractivity (Wildman–Crippen MR) is 69.3 cm³/mol.